The summed E-state index contributed by atoms with van der Waals surface area (Å²) < 4.78 is 47.0. The zero-order chi connectivity index (χ0) is 17.0. The molecule has 8 heteroatoms. The molecule has 2 rings (SSSR count). The smallest absolute Gasteiger partial charge is 0.471 e. The van der Waals surface area contributed by atoms with Crippen molar-refractivity contribution in [2.45, 2.75) is 12.6 Å². The second-order valence-electron chi connectivity index (χ2n) is 5.38. The van der Waals surface area contributed by atoms with Gasteiger partial charge in [-0.25, -0.2) is 0 Å². The zero-order valence-electron chi connectivity index (χ0n) is 12.9. The summed E-state index contributed by atoms with van der Waals surface area (Å²) in [6.07, 6.45) is -4.13. The molecule has 1 unspecified atom stereocenters. The van der Waals surface area contributed by atoms with E-state index in [1.54, 1.807) is 20.3 Å². The molecule has 1 amide bonds. The summed E-state index contributed by atoms with van der Waals surface area (Å²) in [7, 11) is 3.11. The minimum atomic E-state index is -4.83. The molecule has 0 aliphatic carbocycles. The summed E-state index contributed by atoms with van der Waals surface area (Å²) >= 11 is 0. The third kappa shape index (κ3) is 4.43. The van der Waals surface area contributed by atoms with Gasteiger partial charge in [0.25, 0.3) is 0 Å². The van der Waals surface area contributed by atoms with Crippen molar-refractivity contribution >= 4 is 11.6 Å². The second-order valence-corrected chi connectivity index (χ2v) is 5.38. The first-order chi connectivity index (χ1) is 10.8. The fourth-order valence-corrected chi connectivity index (χ4v) is 2.55. The molecule has 1 atom stereocenters. The van der Waals surface area contributed by atoms with E-state index in [1.165, 1.54) is 0 Å². The van der Waals surface area contributed by atoms with Gasteiger partial charge in [0.05, 0.1) is 14.2 Å². The SMILES string of the molecule is COc1cc(OC)cc(N2CCC(CNC(=O)C(F)(F)F)C2)c1. The summed E-state index contributed by atoms with van der Waals surface area (Å²) in [4.78, 5) is 12.9. The Morgan fingerprint density at radius 1 is 1.26 bits per heavy atom. The molecule has 1 N–H and O–H groups in total. The van der Waals surface area contributed by atoms with Gasteiger partial charge in [0.2, 0.25) is 0 Å². The van der Waals surface area contributed by atoms with Gasteiger partial charge in [0.1, 0.15) is 11.5 Å². The molecule has 1 saturated heterocycles. The molecule has 0 bridgehead atoms. The molecular weight excluding hydrogens is 313 g/mol. The number of carbonyl (C=O) groups excluding carboxylic acids is 1. The molecule has 1 aromatic rings. The highest BCUT2D eigenvalue weighted by Gasteiger charge is 2.39. The number of amides is 1. The minimum absolute atomic E-state index is 0.00987. The standard InChI is InChI=1S/C15H19F3N2O3/c1-22-12-5-11(6-13(7-12)23-2)20-4-3-10(9-20)8-19-14(21)15(16,17)18/h5-7,10H,3-4,8-9H2,1-2H3,(H,19,21). The average Bonchev–Trinajstić information content (AvgIpc) is 3.00. The predicted molar refractivity (Wildman–Crippen MR) is 78.9 cm³/mol. The number of alkyl halides is 3. The first-order valence-electron chi connectivity index (χ1n) is 7.16. The van der Waals surface area contributed by atoms with Gasteiger partial charge in [0.15, 0.2) is 0 Å². The largest absolute Gasteiger partial charge is 0.497 e. The number of hydrogen-bond donors (Lipinski definition) is 1. The Labute approximate surface area is 132 Å². The van der Waals surface area contributed by atoms with Crippen LogP contribution in [0.3, 0.4) is 0 Å². The summed E-state index contributed by atoms with van der Waals surface area (Å²) in [5.74, 6) is -0.626. The molecule has 0 radical (unpaired) electrons. The molecule has 23 heavy (non-hydrogen) atoms. The maximum Gasteiger partial charge on any atom is 0.471 e. The predicted octanol–water partition coefficient (Wildman–Crippen LogP) is 2.21. The second kappa shape index (κ2) is 6.97. The number of hydrogen-bond acceptors (Lipinski definition) is 4. The number of halogens is 3. The lowest BCUT2D eigenvalue weighted by Crippen LogP contribution is -2.39. The lowest BCUT2D eigenvalue weighted by molar-refractivity contribution is -0.173. The Morgan fingerprint density at radius 3 is 2.39 bits per heavy atom. The third-order valence-electron chi connectivity index (χ3n) is 3.80. The highest BCUT2D eigenvalue weighted by molar-refractivity contribution is 5.81. The molecule has 0 saturated carbocycles. The molecular formula is C15H19F3N2O3. The van der Waals surface area contributed by atoms with Gasteiger partial charge in [-0.3, -0.25) is 4.79 Å². The number of benzene rings is 1. The molecule has 0 spiro atoms. The van der Waals surface area contributed by atoms with E-state index in [0.29, 0.717) is 31.0 Å². The van der Waals surface area contributed by atoms with Crippen LogP contribution in [0.4, 0.5) is 18.9 Å². The van der Waals surface area contributed by atoms with Crippen LogP contribution in [0, 0.1) is 5.92 Å². The van der Waals surface area contributed by atoms with Crippen molar-refractivity contribution in [3.63, 3.8) is 0 Å². The molecule has 1 aromatic carbocycles. The lowest BCUT2D eigenvalue weighted by Gasteiger charge is -2.20. The average molecular weight is 332 g/mol. The molecule has 1 aliphatic rings. The van der Waals surface area contributed by atoms with Crippen molar-refractivity contribution in [2.24, 2.45) is 5.92 Å². The van der Waals surface area contributed by atoms with E-state index in [-0.39, 0.29) is 12.5 Å². The first-order valence-corrected chi connectivity index (χ1v) is 7.16. The Bertz CT molecular complexity index is 541. The Kier molecular flexibility index (Phi) is 5.23. The fraction of sp³-hybridized carbons (Fsp3) is 0.533. The molecule has 128 valence electrons. The van der Waals surface area contributed by atoms with Crippen molar-refractivity contribution in [3.8, 4) is 11.5 Å². The van der Waals surface area contributed by atoms with Crippen LogP contribution >= 0.6 is 0 Å². The molecule has 1 fully saturated rings. The van der Waals surface area contributed by atoms with E-state index in [1.807, 2.05) is 22.3 Å². The van der Waals surface area contributed by atoms with Gasteiger partial charge < -0.3 is 19.7 Å². The third-order valence-corrected chi connectivity index (χ3v) is 3.80. The van der Waals surface area contributed by atoms with Crippen LogP contribution in [-0.4, -0.2) is 45.9 Å². The number of anilines is 1. The number of methoxy groups -OCH3 is 2. The highest BCUT2D eigenvalue weighted by atomic mass is 19.4. The van der Waals surface area contributed by atoms with Crippen molar-refractivity contribution < 1.29 is 27.4 Å². The summed E-state index contributed by atoms with van der Waals surface area (Å²) in [5.41, 5.74) is 0.880. The topological polar surface area (TPSA) is 50.8 Å². The van der Waals surface area contributed by atoms with Crippen LogP contribution in [-0.2, 0) is 4.79 Å². The van der Waals surface area contributed by atoms with Gasteiger partial charge >= 0.3 is 12.1 Å². The van der Waals surface area contributed by atoms with E-state index < -0.39 is 12.1 Å². The zero-order valence-corrected chi connectivity index (χ0v) is 12.9. The number of nitrogens with zero attached hydrogens (tertiary/aromatic N) is 1. The van der Waals surface area contributed by atoms with E-state index in [2.05, 4.69) is 0 Å². The van der Waals surface area contributed by atoms with Gasteiger partial charge in [-0.2, -0.15) is 13.2 Å². The van der Waals surface area contributed by atoms with Crippen molar-refractivity contribution in [1.29, 1.82) is 0 Å². The molecule has 0 aromatic heterocycles. The van der Waals surface area contributed by atoms with Crippen LogP contribution in [0.2, 0.25) is 0 Å². The molecule has 1 heterocycles. The van der Waals surface area contributed by atoms with Crippen LogP contribution < -0.4 is 19.7 Å². The van der Waals surface area contributed by atoms with Crippen LogP contribution in [0.5, 0.6) is 11.5 Å². The normalized spacial score (nSPS) is 18.0. The number of rotatable bonds is 5. The monoisotopic (exact) mass is 332 g/mol. The van der Waals surface area contributed by atoms with Gasteiger partial charge in [-0.15, -0.1) is 0 Å². The summed E-state index contributed by atoms with van der Waals surface area (Å²) in [6, 6.07) is 5.44. The van der Waals surface area contributed by atoms with Gasteiger partial charge in [-0.05, 0) is 12.3 Å². The molecule has 5 nitrogen and oxygen atoms in total. The number of nitrogens with one attached hydrogen (secondary N) is 1. The fourth-order valence-electron chi connectivity index (χ4n) is 2.55. The Morgan fingerprint density at radius 2 is 1.87 bits per heavy atom. The van der Waals surface area contributed by atoms with Crippen LogP contribution in [0.25, 0.3) is 0 Å². The minimum Gasteiger partial charge on any atom is -0.497 e. The van der Waals surface area contributed by atoms with E-state index >= 15 is 0 Å². The maximum absolute atomic E-state index is 12.2. The van der Waals surface area contributed by atoms with Crippen molar-refractivity contribution in [3.05, 3.63) is 18.2 Å². The summed E-state index contributed by atoms with van der Waals surface area (Å²) in [5, 5.41) is 1.94. The van der Waals surface area contributed by atoms with Crippen molar-refractivity contribution in [2.75, 3.05) is 38.8 Å². The van der Waals surface area contributed by atoms with Crippen LogP contribution in [0.15, 0.2) is 18.2 Å². The van der Waals surface area contributed by atoms with E-state index in [4.69, 9.17) is 9.47 Å². The Hall–Kier alpha value is -2.12. The summed E-state index contributed by atoms with van der Waals surface area (Å²) in [6.45, 7) is 1.27. The maximum atomic E-state index is 12.2. The quantitative estimate of drug-likeness (QED) is 0.898. The van der Waals surface area contributed by atoms with E-state index in [9.17, 15) is 18.0 Å². The van der Waals surface area contributed by atoms with Crippen molar-refractivity contribution in [1.82, 2.24) is 5.32 Å². The van der Waals surface area contributed by atoms with E-state index in [0.717, 1.165) is 5.69 Å². The van der Waals surface area contributed by atoms with Crippen LogP contribution in [0.1, 0.15) is 6.42 Å². The first kappa shape index (κ1) is 17.2. The van der Waals surface area contributed by atoms with Gasteiger partial charge in [-0.1, -0.05) is 0 Å². The Balaban J connectivity index is 1.96. The lowest BCUT2D eigenvalue weighted by atomic mass is 10.1. The number of carbonyl (C=O) groups is 1. The highest BCUT2D eigenvalue weighted by Crippen LogP contribution is 2.31. The number of ether oxygens (including phenoxy) is 2. The molecule has 1 aliphatic heterocycles. The van der Waals surface area contributed by atoms with Gasteiger partial charge in [0, 0.05) is 43.5 Å².